The lowest BCUT2D eigenvalue weighted by atomic mass is 10.1. The van der Waals surface area contributed by atoms with Gasteiger partial charge >= 0.3 is 0 Å². The lowest BCUT2D eigenvalue weighted by Gasteiger charge is -2.07. The Morgan fingerprint density at radius 1 is 1.30 bits per heavy atom. The number of aryl methyl sites for hydroxylation is 1. The average Bonchev–Trinajstić information content (AvgIpc) is 2.88. The van der Waals surface area contributed by atoms with Crippen LogP contribution in [0.4, 0.5) is 5.13 Å². The summed E-state index contributed by atoms with van der Waals surface area (Å²) < 4.78 is 0. The van der Waals surface area contributed by atoms with Crippen LogP contribution in [0.1, 0.15) is 12.6 Å². The van der Waals surface area contributed by atoms with Crippen molar-refractivity contribution >= 4 is 39.0 Å². The molecule has 0 fully saturated rings. The predicted octanol–water partition coefficient (Wildman–Crippen LogP) is 4.75. The molecule has 2 heterocycles. The molecule has 0 aliphatic rings. The zero-order valence-electron chi connectivity index (χ0n) is 11.3. The van der Waals surface area contributed by atoms with E-state index in [-0.39, 0.29) is 0 Å². The van der Waals surface area contributed by atoms with Crippen LogP contribution < -0.4 is 5.32 Å². The average molecular weight is 304 g/mol. The molecule has 3 rings (SSSR count). The Balaban J connectivity index is 2.21. The van der Waals surface area contributed by atoms with Crippen molar-refractivity contribution in [2.45, 2.75) is 13.8 Å². The molecular weight excluding hydrogens is 290 g/mol. The number of fused-ring (bicyclic) bond motifs is 1. The molecule has 0 radical (unpaired) electrons. The molecule has 0 bridgehead atoms. The zero-order chi connectivity index (χ0) is 14.1. The first-order chi connectivity index (χ1) is 9.69. The summed E-state index contributed by atoms with van der Waals surface area (Å²) in [6.45, 7) is 4.91. The Morgan fingerprint density at radius 3 is 2.95 bits per heavy atom. The molecule has 1 aromatic carbocycles. The normalized spacial score (nSPS) is 10.9. The van der Waals surface area contributed by atoms with Crippen LogP contribution in [0.25, 0.3) is 22.2 Å². The molecule has 0 aliphatic carbocycles. The van der Waals surface area contributed by atoms with Crippen molar-refractivity contribution in [1.82, 2.24) is 9.97 Å². The van der Waals surface area contributed by atoms with Crippen LogP contribution in [0, 0.1) is 6.92 Å². The van der Waals surface area contributed by atoms with Crippen LogP contribution in [0.2, 0.25) is 5.02 Å². The second-order valence-electron chi connectivity index (χ2n) is 4.52. The summed E-state index contributed by atoms with van der Waals surface area (Å²) in [4.78, 5) is 9.16. The van der Waals surface area contributed by atoms with Gasteiger partial charge in [0, 0.05) is 28.6 Å². The molecule has 0 saturated carbocycles. The van der Waals surface area contributed by atoms with Gasteiger partial charge in [0.1, 0.15) is 0 Å². The third kappa shape index (κ3) is 2.37. The number of rotatable bonds is 3. The molecule has 1 N–H and O–H groups in total. The summed E-state index contributed by atoms with van der Waals surface area (Å²) in [6.07, 6.45) is 0. The van der Waals surface area contributed by atoms with Crippen molar-refractivity contribution < 1.29 is 0 Å². The molecule has 0 saturated heterocycles. The van der Waals surface area contributed by atoms with Crippen molar-refractivity contribution in [3.05, 3.63) is 40.4 Å². The minimum Gasteiger partial charge on any atom is -0.362 e. The lowest BCUT2D eigenvalue weighted by Crippen LogP contribution is -1.95. The van der Waals surface area contributed by atoms with E-state index in [1.165, 1.54) is 0 Å². The maximum Gasteiger partial charge on any atom is 0.183 e. The number of nitrogens with zero attached hydrogens (tertiary/aromatic N) is 2. The largest absolute Gasteiger partial charge is 0.362 e. The smallest absolute Gasteiger partial charge is 0.183 e. The second kappa shape index (κ2) is 5.38. The minimum absolute atomic E-state index is 0.676. The fraction of sp³-hybridized carbons (Fsp3) is 0.200. The molecule has 5 heteroatoms. The number of thiazole rings is 1. The van der Waals surface area contributed by atoms with Gasteiger partial charge in [-0.2, -0.15) is 0 Å². The summed E-state index contributed by atoms with van der Waals surface area (Å²) >= 11 is 7.86. The van der Waals surface area contributed by atoms with Crippen LogP contribution in [0.15, 0.2) is 29.6 Å². The molecule has 0 unspecified atom stereocenters. The van der Waals surface area contributed by atoms with Gasteiger partial charge in [0.05, 0.1) is 16.2 Å². The van der Waals surface area contributed by atoms with Crippen LogP contribution >= 0.6 is 22.9 Å². The number of hydrogen-bond acceptors (Lipinski definition) is 4. The summed E-state index contributed by atoms with van der Waals surface area (Å²) in [5, 5.41) is 7.95. The van der Waals surface area contributed by atoms with E-state index in [4.69, 9.17) is 11.6 Å². The molecule has 0 spiro atoms. The Labute approximate surface area is 126 Å². The summed E-state index contributed by atoms with van der Waals surface area (Å²) in [6, 6.07) is 7.91. The highest BCUT2D eigenvalue weighted by Gasteiger charge is 2.11. The van der Waals surface area contributed by atoms with E-state index >= 15 is 0 Å². The summed E-state index contributed by atoms with van der Waals surface area (Å²) in [7, 11) is 0. The number of para-hydroxylation sites is 1. The van der Waals surface area contributed by atoms with Crippen LogP contribution in [-0.4, -0.2) is 16.5 Å². The van der Waals surface area contributed by atoms with Crippen molar-refractivity contribution in [3.63, 3.8) is 0 Å². The highest BCUT2D eigenvalue weighted by molar-refractivity contribution is 7.14. The van der Waals surface area contributed by atoms with Gasteiger partial charge in [-0.15, -0.1) is 11.3 Å². The zero-order valence-corrected chi connectivity index (χ0v) is 12.8. The first kappa shape index (κ1) is 13.3. The Morgan fingerprint density at radius 2 is 2.15 bits per heavy atom. The summed E-state index contributed by atoms with van der Waals surface area (Å²) in [5.74, 6) is 0. The van der Waals surface area contributed by atoms with Crippen molar-refractivity contribution in [2.75, 3.05) is 11.9 Å². The third-order valence-electron chi connectivity index (χ3n) is 3.03. The van der Waals surface area contributed by atoms with Crippen molar-refractivity contribution in [3.8, 4) is 11.3 Å². The monoisotopic (exact) mass is 303 g/mol. The number of hydrogen-bond donors (Lipinski definition) is 1. The van der Waals surface area contributed by atoms with Crippen molar-refractivity contribution in [1.29, 1.82) is 0 Å². The van der Waals surface area contributed by atoms with Gasteiger partial charge in [-0.25, -0.2) is 4.98 Å². The number of aromatic nitrogens is 2. The van der Waals surface area contributed by atoms with Gasteiger partial charge in [-0.3, -0.25) is 4.98 Å². The van der Waals surface area contributed by atoms with E-state index in [1.54, 1.807) is 11.3 Å². The van der Waals surface area contributed by atoms with Crippen LogP contribution in [0.3, 0.4) is 0 Å². The Kier molecular flexibility index (Phi) is 3.59. The van der Waals surface area contributed by atoms with Crippen LogP contribution in [-0.2, 0) is 0 Å². The van der Waals surface area contributed by atoms with Crippen molar-refractivity contribution in [2.24, 2.45) is 0 Å². The van der Waals surface area contributed by atoms with Gasteiger partial charge in [0.2, 0.25) is 0 Å². The Bertz CT molecular complexity index is 767. The molecule has 3 aromatic rings. The fourth-order valence-electron chi connectivity index (χ4n) is 2.18. The number of anilines is 1. The summed E-state index contributed by atoms with van der Waals surface area (Å²) in [5.41, 5.74) is 3.82. The molecule has 20 heavy (non-hydrogen) atoms. The second-order valence-corrected chi connectivity index (χ2v) is 5.78. The molecule has 2 aromatic heterocycles. The minimum atomic E-state index is 0.676. The predicted molar refractivity (Wildman–Crippen MR) is 86.8 cm³/mol. The number of pyridine rings is 1. The van der Waals surface area contributed by atoms with E-state index in [2.05, 4.69) is 33.7 Å². The van der Waals surface area contributed by atoms with Gasteiger partial charge in [-0.1, -0.05) is 23.7 Å². The molecule has 0 atom stereocenters. The Hall–Kier alpha value is -1.65. The molecular formula is C15H14ClN3S. The van der Waals surface area contributed by atoms with Gasteiger partial charge in [0.15, 0.2) is 5.13 Å². The highest BCUT2D eigenvalue weighted by Crippen LogP contribution is 2.33. The standard InChI is InChI=1S/C15H14ClN3S/c1-3-17-15-19-13(8-20-15)11-7-9(2)18-14-10(11)5-4-6-12(14)16/h4-8H,3H2,1-2H3,(H,17,19). The topological polar surface area (TPSA) is 37.8 Å². The van der Waals surface area contributed by atoms with E-state index in [9.17, 15) is 0 Å². The highest BCUT2D eigenvalue weighted by atomic mass is 35.5. The molecule has 0 amide bonds. The maximum absolute atomic E-state index is 6.25. The quantitative estimate of drug-likeness (QED) is 0.758. The lowest BCUT2D eigenvalue weighted by molar-refractivity contribution is 1.19. The van der Waals surface area contributed by atoms with E-state index < -0.39 is 0 Å². The SMILES string of the molecule is CCNc1nc(-c2cc(C)nc3c(Cl)cccc23)cs1. The molecule has 102 valence electrons. The third-order valence-corrected chi connectivity index (χ3v) is 4.13. The van der Waals surface area contributed by atoms with Gasteiger partial charge in [-0.05, 0) is 26.0 Å². The first-order valence-electron chi connectivity index (χ1n) is 6.44. The number of benzene rings is 1. The first-order valence-corrected chi connectivity index (χ1v) is 7.70. The molecule has 3 nitrogen and oxygen atoms in total. The van der Waals surface area contributed by atoms with Crippen LogP contribution in [0.5, 0.6) is 0 Å². The number of nitrogens with one attached hydrogen (secondary N) is 1. The maximum atomic E-state index is 6.25. The van der Waals surface area contributed by atoms with E-state index in [1.807, 2.05) is 25.1 Å². The molecule has 0 aliphatic heterocycles. The van der Waals surface area contributed by atoms with Gasteiger partial charge < -0.3 is 5.32 Å². The fourth-order valence-corrected chi connectivity index (χ4v) is 3.18. The van der Waals surface area contributed by atoms with E-state index in [0.29, 0.717) is 5.02 Å². The van der Waals surface area contributed by atoms with E-state index in [0.717, 1.165) is 39.5 Å². The number of halogens is 1. The van der Waals surface area contributed by atoms with Gasteiger partial charge in [0.25, 0.3) is 0 Å².